The van der Waals surface area contributed by atoms with Gasteiger partial charge in [0.25, 0.3) is 0 Å². The number of fused-ring (bicyclic) bond motifs is 1. The van der Waals surface area contributed by atoms with Crippen LogP contribution in [-0.4, -0.2) is 25.3 Å². The smallest absolute Gasteiger partial charge is 0.160 e. The first-order valence-corrected chi connectivity index (χ1v) is 7.41. The van der Waals surface area contributed by atoms with E-state index >= 15 is 0 Å². The first-order valence-electron chi connectivity index (χ1n) is 7.41. The molecule has 0 saturated carbocycles. The molecule has 21 heavy (non-hydrogen) atoms. The van der Waals surface area contributed by atoms with E-state index in [0.717, 1.165) is 37.4 Å². The molecule has 0 amide bonds. The number of hydrogen-bond donors (Lipinski definition) is 1. The molecule has 1 N–H and O–H groups in total. The third kappa shape index (κ3) is 2.90. The van der Waals surface area contributed by atoms with Gasteiger partial charge in [0, 0.05) is 31.0 Å². The van der Waals surface area contributed by atoms with Crippen molar-refractivity contribution < 1.29 is 9.47 Å². The van der Waals surface area contributed by atoms with E-state index in [0.29, 0.717) is 6.04 Å². The van der Waals surface area contributed by atoms with Crippen molar-refractivity contribution in [3.63, 3.8) is 0 Å². The van der Waals surface area contributed by atoms with Crippen LogP contribution in [0.25, 0.3) is 0 Å². The molecule has 112 valence electrons. The molecule has 0 radical (unpaired) electrons. The van der Waals surface area contributed by atoms with Crippen molar-refractivity contribution in [3.8, 4) is 11.5 Å². The zero-order valence-electron chi connectivity index (χ0n) is 12.6. The van der Waals surface area contributed by atoms with Crippen LogP contribution in [0.1, 0.15) is 23.7 Å². The number of rotatable bonds is 5. The van der Waals surface area contributed by atoms with Gasteiger partial charge in [-0.25, -0.2) is 0 Å². The molecule has 1 aliphatic heterocycles. The molecule has 4 nitrogen and oxygen atoms in total. The van der Waals surface area contributed by atoms with Gasteiger partial charge in [0.15, 0.2) is 11.5 Å². The number of nitrogens with one attached hydrogen (secondary N) is 1. The molecule has 0 bridgehead atoms. The Labute approximate surface area is 125 Å². The quantitative estimate of drug-likeness (QED) is 0.918. The van der Waals surface area contributed by atoms with Crippen LogP contribution in [0.2, 0.25) is 0 Å². The summed E-state index contributed by atoms with van der Waals surface area (Å²) in [6.45, 7) is 2.10. The Kier molecular flexibility index (Phi) is 4.15. The lowest BCUT2D eigenvalue weighted by atomic mass is 10.0. The van der Waals surface area contributed by atoms with E-state index in [9.17, 15) is 0 Å². The SMILES string of the molecule is COc1ccc(CCC2NCCn3cccc32)cc1OC. The van der Waals surface area contributed by atoms with Gasteiger partial charge < -0.3 is 19.4 Å². The molecule has 4 heteroatoms. The van der Waals surface area contributed by atoms with E-state index < -0.39 is 0 Å². The molecular weight excluding hydrogens is 264 g/mol. The lowest BCUT2D eigenvalue weighted by molar-refractivity contribution is 0.354. The average Bonchev–Trinajstić information content (AvgIpc) is 3.01. The maximum atomic E-state index is 5.37. The van der Waals surface area contributed by atoms with Crippen LogP contribution in [0.15, 0.2) is 36.5 Å². The highest BCUT2D eigenvalue weighted by Gasteiger charge is 2.18. The molecule has 2 aromatic rings. The summed E-state index contributed by atoms with van der Waals surface area (Å²) in [5, 5.41) is 3.61. The molecule has 0 spiro atoms. The van der Waals surface area contributed by atoms with Crippen molar-refractivity contribution in [1.29, 1.82) is 0 Å². The highest BCUT2D eigenvalue weighted by Crippen LogP contribution is 2.29. The van der Waals surface area contributed by atoms with Gasteiger partial charge in [-0.1, -0.05) is 6.07 Å². The summed E-state index contributed by atoms with van der Waals surface area (Å²) < 4.78 is 13.0. The summed E-state index contributed by atoms with van der Waals surface area (Å²) in [6.07, 6.45) is 4.27. The highest BCUT2D eigenvalue weighted by molar-refractivity contribution is 5.43. The highest BCUT2D eigenvalue weighted by atomic mass is 16.5. The predicted molar refractivity (Wildman–Crippen MR) is 83.0 cm³/mol. The van der Waals surface area contributed by atoms with Crippen LogP contribution in [-0.2, 0) is 13.0 Å². The van der Waals surface area contributed by atoms with E-state index in [1.807, 2.05) is 6.07 Å². The molecule has 1 aromatic carbocycles. The Bertz CT molecular complexity index is 607. The zero-order chi connectivity index (χ0) is 14.7. The number of methoxy groups -OCH3 is 2. The standard InChI is InChI=1S/C17H22N2O2/c1-20-16-8-6-13(12-17(16)21-2)5-7-14-15-4-3-10-19(15)11-9-18-14/h3-4,6,8,10,12,14,18H,5,7,9,11H2,1-2H3. The Balaban J connectivity index is 1.69. The minimum Gasteiger partial charge on any atom is -0.493 e. The lowest BCUT2D eigenvalue weighted by Crippen LogP contribution is -2.33. The average molecular weight is 286 g/mol. The van der Waals surface area contributed by atoms with Crippen molar-refractivity contribution in [2.24, 2.45) is 0 Å². The van der Waals surface area contributed by atoms with Crippen molar-refractivity contribution in [2.45, 2.75) is 25.4 Å². The molecule has 1 atom stereocenters. The third-order valence-electron chi connectivity index (χ3n) is 4.13. The minimum absolute atomic E-state index is 0.432. The van der Waals surface area contributed by atoms with Crippen LogP contribution in [0.5, 0.6) is 11.5 Å². The number of aryl methyl sites for hydroxylation is 1. The molecular formula is C17H22N2O2. The second-order valence-electron chi connectivity index (χ2n) is 5.36. The fourth-order valence-corrected chi connectivity index (χ4v) is 3.01. The summed E-state index contributed by atoms with van der Waals surface area (Å²) in [5.74, 6) is 1.58. The summed E-state index contributed by atoms with van der Waals surface area (Å²) in [4.78, 5) is 0. The van der Waals surface area contributed by atoms with Gasteiger partial charge >= 0.3 is 0 Å². The number of benzene rings is 1. The zero-order valence-corrected chi connectivity index (χ0v) is 12.6. The fourth-order valence-electron chi connectivity index (χ4n) is 3.01. The van der Waals surface area contributed by atoms with Crippen LogP contribution in [0.4, 0.5) is 0 Å². The van der Waals surface area contributed by atoms with Crippen LogP contribution in [0.3, 0.4) is 0 Å². The van der Waals surface area contributed by atoms with Gasteiger partial charge in [0.05, 0.1) is 14.2 Å². The van der Waals surface area contributed by atoms with Gasteiger partial charge in [-0.2, -0.15) is 0 Å². The van der Waals surface area contributed by atoms with Crippen molar-refractivity contribution in [3.05, 3.63) is 47.8 Å². The monoisotopic (exact) mass is 286 g/mol. The summed E-state index contributed by atoms with van der Waals surface area (Å²) >= 11 is 0. The van der Waals surface area contributed by atoms with E-state index in [2.05, 4.69) is 40.3 Å². The summed E-state index contributed by atoms with van der Waals surface area (Å²) in [7, 11) is 3.34. The first-order chi connectivity index (χ1) is 10.3. The van der Waals surface area contributed by atoms with Gasteiger partial charge in [0.1, 0.15) is 0 Å². The number of aromatic nitrogens is 1. The van der Waals surface area contributed by atoms with Crippen molar-refractivity contribution in [2.75, 3.05) is 20.8 Å². The van der Waals surface area contributed by atoms with Crippen LogP contribution in [0, 0.1) is 0 Å². The maximum absolute atomic E-state index is 5.37. The van der Waals surface area contributed by atoms with Gasteiger partial charge in [-0.3, -0.25) is 0 Å². The second-order valence-corrected chi connectivity index (χ2v) is 5.36. The molecule has 1 unspecified atom stereocenters. The topological polar surface area (TPSA) is 35.4 Å². The minimum atomic E-state index is 0.432. The summed E-state index contributed by atoms with van der Waals surface area (Å²) in [5.41, 5.74) is 2.67. The maximum Gasteiger partial charge on any atom is 0.160 e. The largest absolute Gasteiger partial charge is 0.493 e. The van der Waals surface area contributed by atoms with Crippen molar-refractivity contribution in [1.82, 2.24) is 9.88 Å². The molecule has 0 fully saturated rings. The van der Waals surface area contributed by atoms with E-state index in [1.165, 1.54) is 11.3 Å². The Morgan fingerprint density at radius 1 is 1.19 bits per heavy atom. The molecule has 1 aliphatic rings. The van der Waals surface area contributed by atoms with E-state index in [4.69, 9.17) is 9.47 Å². The van der Waals surface area contributed by atoms with Gasteiger partial charge in [0.2, 0.25) is 0 Å². The Morgan fingerprint density at radius 3 is 2.86 bits per heavy atom. The van der Waals surface area contributed by atoms with Gasteiger partial charge in [-0.05, 0) is 42.7 Å². The van der Waals surface area contributed by atoms with E-state index in [1.54, 1.807) is 14.2 Å². The predicted octanol–water partition coefficient (Wildman–Crippen LogP) is 2.78. The third-order valence-corrected chi connectivity index (χ3v) is 4.13. The second kappa shape index (κ2) is 6.22. The number of ether oxygens (including phenoxy) is 2. The van der Waals surface area contributed by atoms with Crippen LogP contribution >= 0.6 is 0 Å². The lowest BCUT2D eigenvalue weighted by Gasteiger charge is -2.26. The molecule has 0 saturated heterocycles. The normalized spacial score (nSPS) is 17.3. The molecule has 2 heterocycles. The molecule has 0 aliphatic carbocycles. The Morgan fingerprint density at radius 2 is 2.05 bits per heavy atom. The number of nitrogens with zero attached hydrogens (tertiary/aromatic N) is 1. The fraction of sp³-hybridized carbons (Fsp3) is 0.412. The molecule has 1 aromatic heterocycles. The van der Waals surface area contributed by atoms with Crippen molar-refractivity contribution >= 4 is 0 Å². The Hall–Kier alpha value is -1.94. The number of hydrogen-bond acceptors (Lipinski definition) is 3. The first kappa shape index (κ1) is 14.0. The van der Waals surface area contributed by atoms with E-state index in [-0.39, 0.29) is 0 Å². The summed E-state index contributed by atoms with van der Waals surface area (Å²) in [6, 6.07) is 10.9. The molecule has 3 rings (SSSR count). The van der Waals surface area contributed by atoms with Gasteiger partial charge in [-0.15, -0.1) is 0 Å². The van der Waals surface area contributed by atoms with Crippen LogP contribution < -0.4 is 14.8 Å².